The summed E-state index contributed by atoms with van der Waals surface area (Å²) in [5.41, 5.74) is 3.62. The third kappa shape index (κ3) is 9.18. The van der Waals surface area contributed by atoms with Crippen molar-refractivity contribution in [2.45, 2.75) is 31.4 Å². The van der Waals surface area contributed by atoms with Gasteiger partial charge in [0.1, 0.15) is 5.75 Å². The lowest BCUT2D eigenvalue weighted by molar-refractivity contribution is 0.0599. The first-order chi connectivity index (χ1) is 20.5. The average molecular weight is 611 g/mol. The number of carbonyl (C=O) groups is 2. The molecule has 1 heterocycles. The van der Waals surface area contributed by atoms with E-state index < -0.39 is 22.1 Å². The molecular formula is C31H38N4O7S. The number of sulfonamides is 1. The number of aromatic hydroxyl groups is 1. The minimum atomic E-state index is -3.56. The maximum absolute atomic E-state index is 12.9. The van der Waals surface area contributed by atoms with Crippen molar-refractivity contribution in [3.05, 3.63) is 89.0 Å². The molecule has 1 aliphatic rings. The molecule has 1 aliphatic heterocycles. The van der Waals surface area contributed by atoms with E-state index in [1.807, 2.05) is 17.0 Å². The Balaban J connectivity index is 1.17. The van der Waals surface area contributed by atoms with E-state index in [1.165, 1.54) is 19.2 Å². The van der Waals surface area contributed by atoms with Crippen molar-refractivity contribution in [2.75, 3.05) is 49.6 Å². The number of esters is 1. The molecule has 1 fully saturated rings. The van der Waals surface area contributed by atoms with Crippen LogP contribution in [0.4, 0.5) is 11.4 Å². The van der Waals surface area contributed by atoms with Crippen LogP contribution in [0, 0.1) is 0 Å². The zero-order valence-corrected chi connectivity index (χ0v) is 25.1. The minimum Gasteiger partial charge on any atom is -0.506 e. The molecular weight excluding hydrogens is 572 g/mol. The first kappa shape index (κ1) is 31.8. The Hall–Kier alpha value is -4.13. The van der Waals surface area contributed by atoms with E-state index in [4.69, 9.17) is 4.74 Å². The van der Waals surface area contributed by atoms with Crippen LogP contribution in [-0.2, 0) is 21.2 Å². The number of aliphatic hydroxyl groups excluding tert-OH is 1. The Labute approximate surface area is 251 Å². The second kappa shape index (κ2) is 14.4. The number of phenolic OH excluding ortho intramolecular Hbond substituents is 1. The van der Waals surface area contributed by atoms with Crippen LogP contribution in [-0.4, -0.2) is 81.0 Å². The maximum atomic E-state index is 12.9. The number of ether oxygens (including phenoxy) is 1. The standard InChI is InChI=1S/C31H38N4O7S/c1-42-31(39)23-7-5-22(6-8-23)30(38)35-17-14-26(15-18-35)33-25-10-3-21(4-11-25)13-16-32-20-29(37)24-9-12-28(36)27(19-24)34-43(2,40)41/h3-12,19,26,29,32-34,36-37H,13-18,20H2,1-2H3/t29-/m1/s1. The number of methoxy groups -OCH3 is 1. The molecule has 0 radical (unpaired) electrons. The van der Waals surface area contributed by atoms with Crippen LogP contribution in [0.2, 0.25) is 0 Å². The van der Waals surface area contributed by atoms with Crippen molar-refractivity contribution in [3.8, 4) is 5.75 Å². The summed E-state index contributed by atoms with van der Waals surface area (Å²) in [4.78, 5) is 26.3. The Morgan fingerprint density at radius 1 is 1.00 bits per heavy atom. The summed E-state index contributed by atoms with van der Waals surface area (Å²) in [6, 6.07) is 19.3. The summed E-state index contributed by atoms with van der Waals surface area (Å²) in [5.74, 6) is -0.689. The Kier molecular flexibility index (Phi) is 10.6. The van der Waals surface area contributed by atoms with Crippen LogP contribution in [0.3, 0.4) is 0 Å². The van der Waals surface area contributed by atoms with Gasteiger partial charge in [0, 0.05) is 36.9 Å². The van der Waals surface area contributed by atoms with E-state index in [9.17, 15) is 28.2 Å². The molecule has 0 aromatic heterocycles. The van der Waals surface area contributed by atoms with Gasteiger partial charge in [-0.1, -0.05) is 18.2 Å². The molecule has 5 N–H and O–H groups in total. The highest BCUT2D eigenvalue weighted by Crippen LogP contribution is 2.28. The summed E-state index contributed by atoms with van der Waals surface area (Å²) < 4.78 is 29.9. The van der Waals surface area contributed by atoms with E-state index in [-0.39, 0.29) is 29.9 Å². The van der Waals surface area contributed by atoms with E-state index in [0.29, 0.717) is 36.3 Å². The molecule has 0 saturated carbocycles. The van der Waals surface area contributed by atoms with Gasteiger partial charge in [0.15, 0.2) is 0 Å². The van der Waals surface area contributed by atoms with Crippen molar-refractivity contribution < 1.29 is 33.0 Å². The van der Waals surface area contributed by atoms with Crippen LogP contribution >= 0.6 is 0 Å². The predicted octanol–water partition coefficient (Wildman–Crippen LogP) is 3.13. The number of anilines is 2. The van der Waals surface area contributed by atoms with E-state index >= 15 is 0 Å². The largest absolute Gasteiger partial charge is 0.506 e. The summed E-state index contributed by atoms with van der Waals surface area (Å²) in [6.45, 7) is 2.19. The number of nitrogens with one attached hydrogen (secondary N) is 3. The zero-order chi connectivity index (χ0) is 31.0. The first-order valence-corrected chi connectivity index (χ1v) is 15.9. The molecule has 3 aromatic rings. The van der Waals surface area contributed by atoms with Crippen LogP contribution in [0.1, 0.15) is 50.8 Å². The van der Waals surface area contributed by atoms with E-state index in [1.54, 1.807) is 30.3 Å². The van der Waals surface area contributed by atoms with Gasteiger partial charge in [0.05, 0.1) is 30.7 Å². The van der Waals surface area contributed by atoms with Gasteiger partial charge in [-0.3, -0.25) is 9.52 Å². The van der Waals surface area contributed by atoms with Gasteiger partial charge >= 0.3 is 5.97 Å². The van der Waals surface area contributed by atoms with Crippen molar-refractivity contribution in [1.29, 1.82) is 0 Å². The highest BCUT2D eigenvalue weighted by atomic mass is 32.2. The number of nitrogens with zero attached hydrogens (tertiary/aromatic N) is 1. The molecule has 0 unspecified atom stereocenters. The van der Waals surface area contributed by atoms with Crippen molar-refractivity contribution in [3.63, 3.8) is 0 Å². The van der Waals surface area contributed by atoms with E-state index in [0.717, 1.165) is 36.8 Å². The normalized spacial score (nSPS) is 14.6. The highest BCUT2D eigenvalue weighted by molar-refractivity contribution is 7.92. The van der Waals surface area contributed by atoms with Crippen molar-refractivity contribution >= 4 is 33.3 Å². The first-order valence-electron chi connectivity index (χ1n) is 14.0. The second-order valence-corrected chi connectivity index (χ2v) is 12.3. The summed E-state index contributed by atoms with van der Waals surface area (Å²) in [5, 5.41) is 27.1. The molecule has 0 spiro atoms. The predicted molar refractivity (Wildman–Crippen MR) is 165 cm³/mol. The molecule has 1 amide bonds. The Bertz CT molecular complexity index is 1500. The van der Waals surface area contributed by atoms with Gasteiger partial charge in [0.2, 0.25) is 10.0 Å². The van der Waals surface area contributed by atoms with Crippen molar-refractivity contribution in [2.24, 2.45) is 0 Å². The lowest BCUT2D eigenvalue weighted by atomic mass is 10.0. The molecule has 4 rings (SSSR count). The van der Waals surface area contributed by atoms with Crippen LogP contribution in [0.15, 0.2) is 66.7 Å². The molecule has 230 valence electrons. The summed E-state index contributed by atoms with van der Waals surface area (Å²) in [7, 11) is -2.24. The molecule has 1 saturated heterocycles. The van der Waals surface area contributed by atoms with Gasteiger partial charge in [-0.25, -0.2) is 13.2 Å². The van der Waals surface area contributed by atoms with Crippen LogP contribution in [0.5, 0.6) is 5.75 Å². The molecule has 43 heavy (non-hydrogen) atoms. The van der Waals surface area contributed by atoms with Crippen LogP contribution < -0.4 is 15.4 Å². The summed E-state index contributed by atoms with van der Waals surface area (Å²) in [6.07, 6.45) is 2.52. The van der Waals surface area contributed by atoms with Crippen molar-refractivity contribution in [1.82, 2.24) is 10.2 Å². The average Bonchev–Trinajstić information content (AvgIpc) is 3.00. The molecule has 0 bridgehead atoms. The lowest BCUT2D eigenvalue weighted by Crippen LogP contribution is -2.42. The fraction of sp³-hybridized carbons (Fsp3) is 0.355. The smallest absolute Gasteiger partial charge is 0.337 e. The third-order valence-corrected chi connectivity index (χ3v) is 7.88. The second-order valence-electron chi connectivity index (χ2n) is 10.6. The fourth-order valence-corrected chi connectivity index (χ4v) is 5.47. The molecule has 3 aromatic carbocycles. The van der Waals surface area contributed by atoms with Gasteiger partial charge in [-0.05, 0) is 85.5 Å². The number of hydrogen-bond acceptors (Lipinski definition) is 9. The molecule has 1 atom stereocenters. The topological polar surface area (TPSA) is 157 Å². The van der Waals surface area contributed by atoms with Gasteiger partial charge in [-0.2, -0.15) is 0 Å². The number of phenols is 1. The highest BCUT2D eigenvalue weighted by Gasteiger charge is 2.24. The van der Waals surface area contributed by atoms with Gasteiger partial charge in [0.25, 0.3) is 5.91 Å². The Morgan fingerprint density at radius 2 is 1.65 bits per heavy atom. The van der Waals surface area contributed by atoms with Crippen LogP contribution in [0.25, 0.3) is 0 Å². The van der Waals surface area contributed by atoms with E-state index in [2.05, 4.69) is 27.5 Å². The maximum Gasteiger partial charge on any atom is 0.337 e. The number of benzene rings is 3. The molecule has 12 heteroatoms. The zero-order valence-electron chi connectivity index (χ0n) is 24.2. The third-order valence-electron chi connectivity index (χ3n) is 7.29. The number of hydrogen-bond donors (Lipinski definition) is 5. The number of amides is 1. The number of piperidine rings is 1. The quantitative estimate of drug-likeness (QED) is 0.118. The number of carbonyl (C=O) groups excluding carboxylic acids is 2. The molecule has 11 nitrogen and oxygen atoms in total. The van der Waals surface area contributed by atoms with Gasteiger partial charge < -0.3 is 30.5 Å². The monoisotopic (exact) mass is 610 g/mol. The Morgan fingerprint density at radius 3 is 2.28 bits per heavy atom. The summed E-state index contributed by atoms with van der Waals surface area (Å²) >= 11 is 0. The number of rotatable bonds is 12. The molecule has 0 aliphatic carbocycles. The fourth-order valence-electron chi connectivity index (χ4n) is 4.91. The lowest BCUT2D eigenvalue weighted by Gasteiger charge is -2.33. The number of aliphatic hydroxyl groups is 1. The minimum absolute atomic E-state index is 0.0238. The number of likely N-dealkylation sites (tertiary alicyclic amines) is 1. The SMILES string of the molecule is COC(=O)c1ccc(C(=O)N2CCC(Nc3ccc(CCNC[C@@H](O)c4ccc(O)c(NS(C)(=O)=O)c4)cc3)CC2)cc1. The van der Waals surface area contributed by atoms with Gasteiger partial charge in [-0.15, -0.1) is 0 Å².